The first kappa shape index (κ1) is 13.6. The molecule has 1 radical (unpaired) electrons. The predicted octanol–water partition coefficient (Wildman–Crippen LogP) is 4.02. The van der Waals surface area contributed by atoms with Gasteiger partial charge in [0.2, 0.25) is 0 Å². The number of hydrogen-bond acceptors (Lipinski definition) is 2. The van der Waals surface area contributed by atoms with Crippen molar-refractivity contribution in [1.82, 2.24) is 0 Å². The Morgan fingerprint density at radius 1 is 1.21 bits per heavy atom. The maximum Gasteiger partial charge on any atom is 0.313 e. The number of hydrogen-bond donors (Lipinski definition) is 0. The van der Waals surface area contributed by atoms with Crippen molar-refractivity contribution in [3.63, 3.8) is 0 Å². The summed E-state index contributed by atoms with van der Waals surface area (Å²) in [6.07, 6.45) is 1.83. The van der Waals surface area contributed by atoms with Crippen LogP contribution in [0.2, 0.25) is 0 Å². The molecule has 0 aliphatic rings. The molecule has 0 bridgehead atoms. The second kappa shape index (κ2) is 5.87. The summed E-state index contributed by atoms with van der Waals surface area (Å²) in [5.74, 6) is -0.407. The number of benzene rings is 2. The smallest absolute Gasteiger partial charge is 0.313 e. The van der Waals surface area contributed by atoms with Crippen LogP contribution in [0, 0.1) is 13.3 Å². The highest BCUT2D eigenvalue weighted by atomic mass is 16.5. The number of carbonyl (C=O) groups excluding carboxylic acids is 1. The van der Waals surface area contributed by atoms with Crippen LogP contribution in [-0.4, -0.2) is 12.6 Å². The van der Waals surface area contributed by atoms with Crippen molar-refractivity contribution in [3.05, 3.63) is 53.9 Å². The van der Waals surface area contributed by atoms with E-state index in [1.54, 1.807) is 0 Å². The summed E-state index contributed by atoms with van der Waals surface area (Å²) in [5, 5.41) is 2.36. The fourth-order valence-electron chi connectivity index (χ4n) is 2.08. The van der Waals surface area contributed by atoms with Crippen molar-refractivity contribution >= 4 is 16.7 Å². The van der Waals surface area contributed by atoms with E-state index in [1.807, 2.05) is 26.3 Å². The largest absolute Gasteiger partial charge is 0.465 e. The Morgan fingerprint density at radius 2 is 1.89 bits per heavy atom. The van der Waals surface area contributed by atoms with Gasteiger partial charge in [-0.05, 0) is 36.6 Å². The van der Waals surface area contributed by atoms with Crippen molar-refractivity contribution in [1.29, 1.82) is 0 Å². The van der Waals surface area contributed by atoms with E-state index in [-0.39, 0.29) is 11.9 Å². The van der Waals surface area contributed by atoms with Gasteiger partial charge in [0.05, 0.1) is 12.5 Å². The van der Waals surface area contributed by atoms with Gasteiger partial charge in [0.15, 0.2) is 0 Å². The van der Waals surface area contributed by atoms with Gasteiger partial charge in [0.25, 0.3) is 0 Å². The van der Waals surface area contributed by atoms with Crippen LogP contribution < -0.4 is 0 Å². The third kappa shape index (κ3) is 3.14. The number of ether oxygens (including phenoxy) is 1. The fraction of sp³-hybridized carbons (Fsp3) is 0.294. The second-order valence-corrected chi connectivity index (χ2v) is 4.87. The van der Waals surface area contributed by atoms with Gasteiger partial charge in [-0.3, -0.25) is 4.79 Å². The zero-order valence-corrected chi connectivity index (χ0v) is 11.6. The first-order valence-electron chi connectivity index (χ1n) is 6.56. The van der Waals surface area contributed by atoms with Crippen LogP contribution in [0.15, 0.2) is 36.4 Å². The van der Waals surface area contributed by atoms with Gasteiger partial charge in [0.1, 0.15) is 0 Å². The molecule has 99 valence electrons. The van der Waals surface area contributed by atoms with Crippen LogP contribution >= 0.6 is 0 Å². The lowest BCUT2D eigenvalue weighted by Gasteiger charge is -2.12. The lowest BCUT2D eigenvalue weighted by molar-refractivity contribution is -0.144. The molecule has 2 heteroatoms. The first-order valence-corrected chi connectivity index (χ1v) is 6.56. The summed E-state index contributed by atoms with van der Waals surface area (Å²) in [5.41, 5.74) is 2.24. The number of carbonyl (C=O) groups is 1. The Morgan fingerprint density at radius 3 is 2.63 bits per heavy atom. The average Bonchev–Trinajstić information content (AvgIpc) is 2.43. The van der Waals surface area contributed by atoms with Gasteiger partial charge < -0.3 is 4.74 Å². The van der Waals surface area contributed by atoms with Gasteiger partial charge in [-0.2, -0.15) is 0 Å². The number of esters is 1. The van der Waals surface area contributed by atoms with E-state index in [0.29, 0.717) is 6.61 Å². The maximum atomic E-state index is 11.9. The molecule has 2 rings (SSSR count). The Bertz CT molecular complexity index is 587. The van der Waals surface area contributed by atoms with Gasteiger partial charge in [-0.25, -0.2) is 0 Å². The second-order valence-electron chi connectivity index (χ2n) is 4.87. The van der Waals surface area contributed by atoms with Crippen molar-refractivity contribution in [2.45, 2.75) is 26.7 Å². The van der Waals surface area contributed by atoms with E-state index in [2.05, 4.69) is 37.3 Å². The SMILES string of the molecule is C[CH]COC(=O)[C@@H](C)c1ccc2cc(C)ccc2c1. The Labute approximate surface area is 114 Å². The Kier molecular flexibility index (Phi) is 4.20. The van der Waals surface area contributed by atoms with Crippen LogP contribution in [0.1, 0.15) is 30.9 Å². The lowest BCUT2D eigenvalue weighted by Crippen LogP contribution is -2.13. The summed E-state index contributed by atoms with van der Waals surface area (Å²) in [6.45, 7) is 6.20. The molecule has 0 fully saturated rings. The normalized spacial score (nSPS) is 12.4. The molecule has 19 heavy (non-hydrogen) atoms. The Hall–Kier alpha value is -1.83. The molecule has 2 aromatic rings. The predicted molar refractivity (Wildman–Crippen MR) is 78.0 cm³/mol. The zero-order chi connectivity index (χ0) is 13.8. The first-order chi connectivity index (χ1) is 9.11. The summed E-state index contributed by atoms with van der Waals surface area (Å²) < 4.78 is 5.14. The highest BCUT2D eigenvalue weighted by molar-refractivity contribution is 5.86. The standard InChI is InChI=1S/C17H19O2/c1-4-9-19-17(18)13(3)14-7-8-15-10-12(2)5-6-16(15)11-14/h4-8,10-11,13H,9H2,1-3H3/t13-/m0/s1. The van der Waals surface area contributed by atoms with E-state index in [0.717, 1.165) is 10.9 Å². The molecule has 2 aromatic carbocycles. The van der Waals surface area contributed by atoms with Gasteiger partial charge in [0, 0.05) is 0 Å². The van der Waals surface area contributed by atoms with Crippen molar-refractivity contribution in [2.75, 3.05) is 6.61 Å². The van der Waals surface area contributed by atoms with E-state index in [9.17, 15) is 4.79 Å². The van der Waals surface area contributed by atoms with E-state index < -0.39 is 0 Å². The van der Waals surface area contributed by atoms with Crippen LogP contribution in [0.5, 0.6) is 0 Å². The lowest BCUT2D eigenvalue weighted by atomic mass is 9.97. The van der Waals surface area contributed by atoms with Gasteiger partial charge in [-0.15, -0.1) is 0 Å². The highest BCUT2D eigenvalue weighted by Crippen LogP contribution is 2.23. The maximum absolute atomic E-state index is 11.9. The molecule has 2 nitrogen and oxygen atoms in total. The molecule has 0 spiro atoms. The molecule has 1 atom stereocenters. The van der Waals surface area contributed by atoms with Crippen molar-refractivity contribution < 1.29 is 9.53 Å². The highest BCUT2D eigenvalue weighted by Gasteiger charge is 2.16. The molecule has 0 aliphatic carbocycles. The molecule has 0 aromatic heterocycles. The van der Waals surface area contributed by atoms with E-state index in [4.69, 9.17) is 4.74 Å². The molecule has 0 unspecified atom stereocenters. The summed E-state index contributed by atoms with van der Waals surface area (Å²) in [4.78, 5) is 11.9. The number of rotatable bonds is 4. The third-order valence-electron chi connectivity index (χ3n) is 3.27. The Balaban J connectivity index is 2.25. The molecule has 0 heterocycles. The average molecular weight is 255 g/mol. The zero-order valence-electron chi connectivity index (χ0n) is 11.6. The molecular weight excluding hydrogens is 236 g/mol. The number of fused-ring (bicyclic) bond motifs is 1. The van der Waals surface area contributed by atoms with Crippen LogP contribution in [0.25, 0.3) is 10.8 Å². The molecule has 0 amide bonds. The minimum absolute atomic E-state index is 0.176. The van der Waals surface area contributed by atoms with Crippen molar-refractivity contribution in [2.24, 2.45) is 0 Å². The quantitative estimate of drug-likeness (QED) is 0.771. The number of aryl methyl sites for hydroxylation is 1. The fourth-order valence-corrected chi connectivity index (χ4v) is 2.08. The third-order valence-corrected chi connectivity index (χ3v) is 3.27. The van der Waals surface area contributed by atoms with Crippen LogP contribution in [0.4, 0.5) is 0 Å². The van der Waals surface area contributed by atoms with E-state index >= 15 is 0 Å². The minimum Gasteiger partial charge on any atom is -0.465 e. The summed E-state index contributed by atoms with van der Waals surface area (Å²) in [7, 11) is 0. The summed E-state index contributed by atoms with van der Waals surface area (Å²) >= 11 is 0. The minimum atomic E-state index is -0.231. The van der Waals surface area contributed by atoms with Crippen LogP contribution in [-0.2, 0) is 9.53 Å². The van der Waals surface area contributed by atoms with Gasteiger partial charge >= 0.3 is 5.97 Å². The van der Waals surface area contributed by atoms with Crippen LogP contribution in [0.3, 0.4) is 0 Å². The molecule has 0 saturated carbocycles. The monoisotopic (exact) mass is 255 g/mol. The molecule has 0 saturated heterocycles. The van der Waals surface area contributed by atoms with Gasteiger partial charge in [-0.1, -0.05) is 48.9 Å². The van der Waals surface area contributed by atoms with E-state index in [1.165, 1.54) is 10.9 Å². The molecule has 0 aliphatic heterocycles. The molecule has 0 N–H and O–H groups in total. The summed E-state index contributed by atoms with van der Waals surface area (Å²) in [6, 6.07) is 12.5. The van der Waals surface area contributed by atoms with Crippen molar-refractivity contribution in [3.8, 4) is 0 Å². The molecular formula is C17H19O2. The topological polar surface area (TPSA) is 26.3 Å².